The van der Waals surface area contributed by atoms with Gasteiger partial charge in [-0.05, 0) is 47.1 Å². The van der Waals surface area contributed by atoms with Crippen molar-refractivity contribution < 1.29 is 0 Å². The fourth-order valence-electron chi connectivity index (χ4n) is 2.25. The van der Waals surface area contributed by atoms with Gasteiger partial charge in [-0.25, -0.2) is 9.97 Å². The lowest BCUT2D eigenvalue weighted by Gasteiger charge is -2.12. The van der Waals surface area contributed by atoms with Crippen molar-refractivity contribution in [2.24, 2.45) is 0 Å². The Kier molecular flexibility index (Phi) is 4.01. The highest BCUT2D eigenvalue weighted by Crippen LogP contribution is 2.20. The van der Waals surface area contributed by atoms with E-state index in [9.17, 15) is 0 Å². The van der Waals surface area contributed by atoms with Gasteiger partial charge in [-0.15, -0.1) is 0 Å². The zero-order valence-corrected chi connectivity index (χ0v) is 13.2. The van der Waals surface area contributed by atoms with Crippen molar-refractivity contribution in [2.45, 2.75) is 13.5 Å². The van der Waals surface area contributed by atoms with Gasteiger partial charge in [-0.3, -0.25) is 4.57 Å². The van der Waals surface area contributed by atoms with Crippen molar-refractivity contribution in [3.63, 3.8) is 0 Å². The number of aromatic nitrogens is 3. The molecule has 3 rings (SSSR count). The second-order valence-corrected chi connectivity index (χ2v) is 5.41. The number of rotatable bonds is 4. The fraction of sp³-hybridized carbons (Fsp3) is 0.125. The van der Waals surface area contributed by atoms with Gasteiger partial charge in [-0.1, -0.05) is 18.2 Å². The van der Waals surface area contributed by atoms with E-state index in [2.05, 4.69) is 47.9 Å². The first-order valence-corrected chi connectivity index (χ1v) is 7.48. The Labute approximate surface area is 132 Å². The number of nitrogens with one attached hydrogen (secondary N) is 1. The number of pyridine rings is 1. The molecule has 21 heavy (non-hydrogen) atoms. The Morgan fingerprint density at radius 3 is 2.67 bits per heavy atom. The van der Waals surface area contributed by atoms with Crippen molar-refractivity contribution in [1.82, 2.24) is 14.5 Å². The topological polar surface area (TPSA) is 42.7 Å². The SMILES string of the molecule is Cc1ncc(CNc2cccnc2Br)n1-c1ccccc1. The van der Waals surface area contributed by atoms with Gasteiger partial charge in [0, 0.05) is 11.9 Å². The summed E-state index contributed by atoms with van der Waals surface area (Å²) in [7, 11) is 0. The molecule has 4 nitrogen and oxygen atoms in total. The van der Waals surface area contributed by atoms with Gasteiger partial charge < -0.3 is 5.32 Å². The van der Waals surface area contributed by atoms with Gasteiger partial charge in [0.05, 0.1) is 24.1 Å². The maximum atomic E-state index is 4.42. The number of anilines is 1. The van der Waals surface area contributed by atoms with Crippen molar-refractivity contribution >= 4 is 21.6 Å². The molecule has 3 aromatic rings. The molecule has 0 aliphatic rings. The molecule has 2 heterocycles. The van der Waals surface area contributed by atoms with E-state index in [-0.39, 0.29) is 0 Å². The maximum absolute atomic E-state index is 4.42. The van der Waals surface area contributed by atoms with Crippen LogP contribution in [0.4, 0.5) is 5.69 Å². The van der Waals surface area contributed by atoms with Crippen molar-refractivity contribution in [1.29, 1.82) is 0 Å². The first kappa shape index (κ1) is 13.8. The second kappa shape index (κ2) is 6.10. The van der Waals surface area contributed by atoms with Crippen LogP contribution in [0.3, 0.4) is 0 Å². The van der Waals surface area contributed by atoms with Crippen LogP contribution in [-0.2, 0) is 6.54 Å². The average Bonchev–Trinajstić information content (AvgIpc) is 2.88. The Bertz CT molecular complexity index is 737. The molecular weight excluding hydrogens is 328 g/mol. The largest absolute Gasteiger partial charge is 0.377 e. The highest BCUT2D eigenvalue weighted by molar-refractivity contribution is 9.10. The minimum absolute atomic E-state index is 0.681. The summed E-state index contributed by atoms with van der Waals surface area (Å²) in [4.78, 5) is 8.63. The van der Waals surface area contributed by atoms with Gasteiger partial charge in [0.25, 0.3) is 0 Å². The number of nitrogens with zero attached hydrogens (tertiary/aromatic N) is 3. The average molecular weight is 343 g/mol. The lowest BCUT2D eigenvalue weighted by atomic mass is 10.3. The predicted molar refractivity (Wildman–Crippen MR) is 87.6 cm³/mol. The molecule has 1 aromatic carbocycles. The van der Waals surface area contributed by atoms with E-state index in [1.807, 2.05) is 43.5 Å². The third-order valence-corrected chi connectivity index (χ3v) is 3.88. The third kappa shape index (κ3) is 2.97. The van der Waals surface area contributed by atoms with Crippen LogP contribution in [0.1, 0.15) is 11.5 Å². The Morgan fingerprint density at radius 1 is 1.10 bits per heavy atom. The normalized spacial score (nSPS) is 10.6. The molecule has 0 radical (unpaired) electrons. The first-order valence-electron chi connectivity index (χ1n) is 6.69. The van der Waals surface area contributed by atoms with Crippen LogP contribution in [0.5, 0.6) is 0 Å². The lowest BCUT2D eigenvalue weighted by Crippen LogP contribution is -2.07. The molecule has 0 amide bonds. The molecule has 0 aliphatic heterocycles. The summed E-state index contributed by atoms with van der Waals surface area (Å²) < 4.78 is 2.96. The number of imidazole rings is 1. The summed E-state index contributed by atoms with van der Waals surface area (Å²) in [5.74, 6) is 0.975. The molecule has 0 bridgehead atoms. The van der Waals surface area contributed by atoms with Gasteiger partial charge in [0.2, 0.25) is 0 Å². The molecule has 2 aromatic heterocycles. The van der Waals surface area contributed by atoms with E-state index in [1.165, 1.54) is 0 Å². The van der Waals surface area contributed by atoms with E-state index in [0.29, 0.717) is 6.54 Å². The summed E-state index contributed by atoms with van der Waals surface area (Å²) in [6.07, 6.45) is 3.66. The minimum atomic E-state index is 0.681. The number of hydrogen-bond acceptors (Lipinski definition) is 3. The highest BCUT2D eigenvalue weighted by Gasteiger charge is 2.09. The monoisotopic (exact) mass is 342 g/mol. The molecular formula is C16H15BrN4. The highest BCUT2D eigenvalue weighted by atomic mass is 79.9. The zero-order valence-electron chi connectivity index (χ0n) is 11.6. The molecule has 0 fully saturated rings. The number of aryl methyl sites for hydroxylation is 1. The number of halogens is 1. The molecule has 0 saturated carbocycles. The number of benzene rings is 1. The van der Waals surface area contributed by atoms with Gasteiger partial charge >= 0.3 is 0 Å². The predicted octanol–water partition coefficient (Wildman–Crippen LogP) is 3.95. The Hall–Kier alpha value is -2.14. The van der Waals surface area contributed by atoms with Crippen molar-refractivity contribution in [3.8, 4) is 5.69 Å². The third-order valence-electron chi connectivity index (χ3n) is 3.24. The molecule has 0 saturated heterocycles. The lowest BCUT2D eigenvalue weighted by molar-refractivity contribution is 0.899. The second-order valence-electron chi connectivity index (χ2n) is 4.66. The van der Waals surface area contributed by atoms with E-state index >= 15 is 0 Å². The van der Waals surface area contributed by atoms with Crippen LogP contribution in [0, 0.1) is 6.92 Å². The van der Waals surface area contributed by atoms with Crippen molar-refractivity contribution in [3.05, 3.63) is 71.0 Å². The molecule has 1 N–H and O–H groups in total. The Morgan fingerprint density at radius 2 is 1.90 bits per heavy atom. The van der Waals surface area contributed by atoms with Gasteiger partial charge in [-0.2, -0.15) is 0 Å². The molecule has 0 unspecified atom stereocenters. The summed E-state index contributed by atoms with van der Waals surface area (Å²) in [6, 6.07) is 14.1. The van der Waals surface area contributed by atoms with E-state index in [4.69, 9.17) is 0 Å². The van der Waals surface area contributed by atoms with Crippen molar-refractivity contribution in [2.75, 3.05) is 5.32 Å². The van der Waals surface area contributed by atoms with Gasteiger partial charge in [0.1, 0.15) is 10.4 Å². The quantitative estimate of drug-likeness (QED) is 0.730. The fourth-order valence-corrected chi connectivity index (χ4v) is 2.64. The smallest absolute Gasteiger partial charge is 0.129 e. The van der Waals surface area contributed by atoms with Crippen LogP contribution in [0.2, 0.25) is 0 Å². The van der Waals surface area contributed by atoms with E-state index in [0.717, 1.165) is 27.5 Å². The summed E-state index contributed by atoms with van der Waals surface area (Å²) >= 11 is 3.44. The standard InChI is InChI=1S/C16H15BrN4/c1-12-19-10-14(21(12)13-6-3-2-4-7-13)11-20-15-8-5-9-18-16(15)17/h2-10,20H,11H2,1H3. The number of hydrogen-bond donors (Lipinski definition) is 1. The molecule has 0 aliphatic carbocycles. The molecule has 5 heteroatoms. The van der Waals surface area contributed by atoms with E-state index < -0.39 is 0 Å². The van der Waals surface area contributed by atoms with E-state index in [1.54, 1.807) is 6.20 Å². The molecule has 0 spiro atoms. The van der Waals surface area contributed by atoms with Crippen LogP contribution < -0.4 is 5.32 Å². The first-order chi connectivity index (χ1) is 10.3. The molecule has 106 valence electrons. The van der Waals surface area contributed by atoms with Crippen LogP contribution in [0.15, 0.2) is 59.5 Å². The summed E-state index contributed by atoms with van der Waals surface area (Å²) in [5.41, 5.74) is 3.19. The Balaban J connectivity index is 1.86. The van der Waals surface area contributed by atoms with Crippen LogP contribution in [0.25, 0.3) is 5.69 Å². The minimum Gasteiger partial charge on any atom is -0.377 e. The van der Waals surface area contributed by atoms with Crippen LogP contribution >= 0.6 is 15.9 Å². The van der Waals surface area contributed by atoms with Gasteiger partial charge in [0.15, 0.2) is 0 Å². The number of para-hydroxylation sites is 1. The van der Waals surface area contributed by atoms with Crippen LogP contribution in [-0.4, -0.2) is 14.5 Å². The molecule has 0 atom stereocenters. The summed E-state index contributed by atoms with van der Waals surface area (Å²) in [5, 5.41) is 3.38. The summed E-state index contributed by atoms with van der Waals surface area (Å²) in [6.45, 7) is 2.69. The zero-order chi connectivity index (χ0) is 14.7. The maximum Gasteiger partial charge on any atom is 0.129 e.